The second-order valence-electron chi connectivity index (χ2n) is 14.7. The molecular formula is C34H59NO13. The van der Waals surface area contributed by atoms with Crippen LogP contribution in [0.1, 0.15) is 92.4 Å². The van der Waals surface area contributed by atoms with E-state index in [2.05, 4.69) is 19.2 Å². The molecule has 0 aromatic rings. The minimum absolute atomic E-state index is 0.0767. The fourth-order valence-corrected chi connectivity index (χ4v) is 7.95. The van der Waals surface area contributed by atoms with E-state index in [-0.39, 0.29) is 30.1 Å². The molecule has 2 aliphatic heterocycles. The number of carboxylic acid groups (broad SMARTS) is 1. The van der Waals surface area contributed by atoms with Gasteiger partial charge in [0.05, 0.1) is 24.9 Å². The number of rotatable bonds is 13. The maximum Gasteiger partial charge on any atom is 0.332 e. The van der Waals surface area contributed by atoms with E-state index in [1.807, 2.05) is 6.92 Å². The average molecular weight is 690 g/mol. The van der Waals surface area contributed by atoms with Gasteiger partial charge in [-0.2, -0.15) is 0 Å². The highest BCUT2D eigenvalue weighted by molar-refractivity contribution is 5.73. The van der Waals surface area contributed by atoms with Gasteiger partial charge in [-0.05, 0) is 49.9 Å². The van der Waals surface area contributed by atoms with Gasteiger partial charge >= 0.3 is 5.97 Å². The van der Waals surface area contributed by atoms with Crippen LogP contribution in [0.15, 0.2) is 0 Å². The average Bonchev–Trinajstić information content (AvgIpc) is 3.05. The molecule has 2 saturated heterocycles. The second-order valence-corrected chi connectivity index (χ2v) is 14.7. The maximum atomic E-state index is 12.5. The summed E-state index contributed by atoms with van der Waals surface area (Å²) in [7, 11) is 0. The van der Waals surface area contributed by atoms with Crippen LogP contribution in [0.4, 0.5) is 0 Å². The van der Waals surface area contributed by atoms with Crippen molar-refractivity contribution < 1.29 is 63.9 Å². The minimum Gasteiger partial charge on any atom is -0.479 e. The third-order valence-corrected chi connectivity index (χ3v) is 10.9. The van der Waals surface area contributed by atoms with E-state index in [1.54, 1.807) is 6.92 Å². The van der Waals surface area contributed by atoms with E-state index in [0.717, 1.165) is 38.5 Å². The summed E-state index contributed by atoms with van der Waals surface area (Å²) < 4.78 is 31.1. The summed E-state index contributed by atoms with van der Waals surface area (Å²) in [6.07, 6.45) is -7.22. The quantitative estimate of drug-likeness (QED) is 0.144. The van der Waals surface area contributed by atoms with Crippen LogP contribution in [0.2, 0.25) is 0 Å². The van der Waals surface area contributed by atoms with Crippen LogP contribution in [-0.4, -0.2) is 129 Å². The summed E-state index contributed by atoms with van der Waals surface area (Å²) in [5.74, 6) is -1.12. The third kappa shape index (κ3) is 9.45. The number of hydrogen-bond donors (Lipinski definition) is 7. The Hall–Kier alpha value is -1.46. The van der Waals surface area contributed by atoms with Crippen LogP contribution < -0.4 is 5.32 Å². The molecule has 278 valence electrons. The Morgan fingerprint density at radius 3 is 2.17 bits per heavy atom. The van der Waals surface area contributed by atoms with Gasteiger partial charge in [-0.25, -0.2) is 4.79 Å². The maximum absolute atomic E-state index is 12.5. The number of carbonyl (C=O) groups is 2. The van der Waals surface area contributed by atoms with Crippen molar-refractivity contribution >= 4 is 11.9 Å². The molecule has 1 amide bonds. The standard InChI is InChI=1S/C34H59NO13/c1-6-20-13-21(16(2)3)14-22(30(20)48-34-29(41)28(40)26(38)17(4)44-34)46-33-25(35-18(5)37)31(27(39)24(15-36)47-33)45-23(32(42)43)12-19-10-8-7-9-11-19/h16-17,19-31,33-34,36,38-41H,6-15H2,1-5H3,(H,35,37)(H,42,43)/t17?,20-,21?,22?,23+,24+,25?,26?,27?,28?,29?,30?,31?,33-,34?/m1/s1. The lowest BCUT2D eigenvalue weighted by molar-refractivity contribution is -0.339. The van der Waals surface area contributed by atoms with Gasteiger partial charge in [-0.3, -0.25) is 4.79 Å². The van der Waals surface area contributed by atoms with Gasteiger partial charge in [0.1, 0.15) is 42.7 Å². The van der Waals surface area contributed by atoms with Crippen LogP contribution in [0.25, 0.3) is 0 Å². The van der Waals surface area contributed by atoms with Crippen molar-refractivity contribution in [2.75, 3.05) is 6.61 Å². The van der Waals surface area contributed by atoms with Crippen molar-refractivity contribution in [2.45, 2.75) is 172 Å². The van der Waals surface area contributed by atoms with E-state index in [0.29, 0.717) is 12.8 Å². The number of aliphatic hydroxyl groups is 5. The fourth-order valence-electron chi connectivity index (χ4n) is 7.95. The topological polar surface area (TPSA) is 214 Å². The van der Waals surface area contributed by atoms with Crippen molar-refractivity contribution in [3.05, 3.63) is 0 Å². The van der Waals surface area contributed by atoms with Gasteiger partial charge in [0, 0.05) is 6.92 Å². The first-order chi connectivity index (χ1) is 22.7. The summed E-state index contributed by atoms with van der Waals surface area (Å²) in [5, 5.41) is 65.9. The zero-order valence-corrected chi connectivity index (χ0v) is 28.9. The highest BCUT2D eigenvalue weighted by atomic mass is 16.7. The normalized spacial score (nSPS) is 42.0. The van der Waals surface area contributed by atoms with Crippen LogP contribution >= 0.6 is 0 Å². The molecule has 7 N–H and O–H groups in total. The van der Waals surface area contributed by atoms with E-state index < -0.39 is 98.1 Å². The zero-order chi connectivity index (χ0) is 35.3. The van der Waals surface area contributed by atoms with E-state index in [4.69, 9.17) is 23.7 Å². The number of hydrogen-bond acceptors (Lipinski definition) is 12. The lowest BCUT2D eigenvalue weighted by Gasteiger charge is -2.50. The van der Waals surface area contributed by atoms with Crippen molar-refractivity contribution in [1.29, 1.82) is 0 Å². The molecule has 14 nitrogen and oxygen atoms in total. The predicted octanol–water partition coefficient (Wildman–Crippen LogP) is 1.07. The summed E-state index contributed by atoms with van der Waals surface area (Å²) >= 11 is 0. The second kappa shape index (κ2) is 17.7. The molecule has 48 heavy (non-hydrogen) atoms. The lowest BCUT2D eigenvalue weighted by atomic mass is 9.72. The Morgan fingerprint density at radius 1 is 0.896 bits per heavy atom. The Morgan fingerprint density at radius 2 is 1.58 bits per heavy atom. The molecule has 0 spiro atoms. The minimum atomic E-state index is -1.53. The molecule has 11 unspecified atom stereocenters. The predicted molar refractivity (Wildman–Crippen MR) is 170 cm³/mol. The molecule has 2 aliphatic carbocycles. The highest BCUT2D eigenvalue weighted by Gasteiger charge is 2.52. The molecular weight excluding hydrogens is 630 g/mol. The third-order valence-electron chi connectivity index (χ3n) is 10.9. The molecule has 2 saturated carbocycles. The van der Waals surface area contributed by atoms with Crippen molar-refractivity contribution in [3.8, 4) is 0 Å². The van der Waals surface area contributed by atoms with Gasteiger partial charge in [-0.1, -0.05) is 59.3 Å². The molecule has 2 heterocycles. The van der Waals surface area contributed by atoms with Crippen molar-refractivity contribution in [1.82, 2.24) is 5.32 Å². The number of aliphatic hydroxyl groups excluding tert-OH is 5. The molecule has 0 aromatic carbocycles. The SMILES string of the molecule is CC[C@@H]1CC(C(C)C)CC(O[C@@H]2O[C@@H](CO)C(O)C(O[C@@H](CC3CCCCC3)C(=O)O)C2NC(C)=O)C1OC1OC(C)C(O)C(O)C1O. The van der Waals surface area contributed by atoms with Crippen LogP contribution in [0, 0.1) is 23.7 Å². The van der Waals surface area contributed by atoms with Crippen LogP contribution in [0.3, 0.4) is 0 Å². The molecule has 15 atom stereocenters. The summed E-state index contributed by atoms with van der Waals surface area (Å²) in [5.41, 5.74) is 0. The molecule has 14 heteroatoms. The first kappa shape index (κ1) is 39.3. The highest BCUT2D eigenvalue weighted by Crippen LogP contribution is 2.42. The molecule has 4 fully saturated rings. The van der Waals surface area contributed by atoms with Gasteiger partial charge in [0.2, 0.25) is 5.91 Å². The van der Waals surface area contributed by atoms with Gasteiger partial charge < -0.3 is 59.6 Å². The van der Waals surface area contributed by atoms with E-state index in [9.17, 15) is 40.2 Å². The number of carbonyl (C=O) groups excluding carboxylic acids is 1. The molecule has 0 bridgehead atoms. The van der Waals surface area contributed by atoms with Crippen LogP contribution in [0.5, 0.6) is 0 Å². The summed E-state index contributed by atoms with van der Waals surface area (Å²) in [6.45, 7) is 8.47. The largest absolute Gasteiger partial charge is 0.479 e. The van der Waals surface area contributed by atoms with Gasteiger partial charge in [0.25, 0.3) is 0 Å². The van der Waals surface area contributed by atoms with Crippen molar-refractivity contribution in [2.24, 2.45) is 23.7 Å². The Bertz CT molecular complexity index is 1030. The molecule has 0 aromatic heterocycles. The van der Waals surface area contributed by atoms with Crippen LogP contribution in [-0.2, 0) is 33.3 Å². The monoisotopic (exact) mass is 689 g/mol. The Balaban J connectivity index is 1.64. The van der Waals surface area contributed by atoms with Gasteiger partial charge in [-0.15, -0.1) is 0 Å². The first-order valence-corrected chi connectivity index (χ1v) is 17.9. The first-order valence-electron chi connectivity index (χ1n) is 17.9. The zero-order valence-electron chi connectivity index (χ0n) is 28.9. The Labute approximate surface area is 283 Å². The fraction of sp³-hybridized carbons (Fsp3) is 0.941. The molecule has 4 aliphatic rings. The molecule has 0 radical (unpaired) electrons. The van der Waals surface area contributed by atoms with Gasteiger partial charge in [0.15, 0.2) is 18.7 Å². The lowest BCUT2D eigenvalue weighted by Crippen LogP contribution is -2.67. The number of aliphatic carboxylic acids is 1. The van der Waals surface area contributed by atoms with Crippen molar-refractivity contribution in [3.63, 3.8) is 0 Å². The smallest absolute Gasteiger partial charge is 0.332 e. The summed E-state index contributed by atoms with van der Waals surface area (Å²) in [4.78, 5) is 25.0. The van der Waals surface area contributed by atoms with E-state index in [1.165, 1.54) is 6.92 Å². The number of amides is 1. The molecule has 4 rings (SSSR count). The number of nitrogens with one attached hydrogen (secondary N) is 1. The number of ether oxygens (including phenoxy) is 5. The summed E-state index contributed by atoms with van der Waals surface area (Å²) in [6, 6.07) is -1.15. The number of carboxylic acids is 1. The Kier molecular flexibility index (Phi) is 14.5. The van der Waals surface area contributed by atoms with E-state index >= 15 is 0 Å².